The van der Waals surface area contributed by atoms with Gasteiger partial charge >= 0.3 is 0 Å². The Morgan fingerprint density at radius 2 is 1.68 bits per heavy atom. The van der Waals surface area contributed by atoms with Crippen LogP contribution in [-0.4, -0.2) is 20.9 Å². The van der Waals surface area contributed by atoms with Crippen LogP contribution in [0.5, 0.6) is 0 Å². The summed E-state index contributed by atoms with van der Waals surface area (Å²) in [6.45, 7) is 0. The van der Waals surface area contributed by atoms with E-state index in [4.69, 9.17) is 23.1 Å². The number of hydrogen-bond acceptors (Lipinski definition) is 4. The number of carbonyl (C=O) groups is 1. The molecule has 2 aromatic heterocycles. The molecule has 0 aliphatic rings. The van der Waals surface area contributed by atoms with Crippen molar-refractivity contribution < 1.29 is 4.79 Å². The van der Waals surface area contributed by atoms with Crippen LogP contribution >= 0.6 is 11.6 Å². The van der Waals surface area contributed by atoms with Crippen molar-refractivity contribution in [2.45, 2.75) is 0 Å². The summed E-state index contributed by atoms with van der Waals surface area (Å²) in [6.07, 6.45) is 1.56. The summed E-state index contributed by atoms with van der Waals surface area (Å²) in [5.41, 5.74) is 15.8. The SMILES string of the molecule is NC(=O)c1ccccc1-c1c(-c2ccccc2)[nH]c(-c2ccnc(N)n2)c1Cl. The summed E-state index contributed by atoms with van der Waals surface area (Å²) in [5.74, 6) is -0.386. The Morgan fingerprint density at radius 1 is 0.964 bits per heavy atom. The Bertz CT molecular complexity index is 1170. The largest absolute Gasteiger partial charge is 0.368 e. The van der Waals surface area contributed by atoms with Crippen molar-refractivity contribution in [2.24, 2.45) is 5.73 Å². The number of amides is 1. The Balaban J connectivity index is 2.04. The van der Waals surface area contributed by atoms with Crippen LogP contribution in [0.2, 0.25) is 5.02 Å². The molecular formula is C21H16ClN5O. The molecule has 0 aliphatic heterocycles. The van der Waals surface area contributed by atoms with E-state index in [9.17, 15) is 4.79 Å². The molecule has 7 heteroatoms. The monoisotopic (exact) mass is 389 g/mol. The first-order chi connectivity index (χ1) is 13.6. The van der Waals surface area contributed by atoms with Crippen LogP contribution in [-0.2, 0) is 0 Å². The molecule has 0 saturated heterocycles. The smallest absolute Gasteiger partial charge is 0.249 e. The van der Waals surface area contributed by atoms with Gasteiger partial charge in [-0.1, -0.05) is 60.1 Å². The lowest BCUT2D eigenvalue weighted by Crippen LogP contribution is -2.12. The normalized spacial score (nSPS) is 10.8. The van der Waals surface area contributed by atoms with E-state index in [1.807, 2.05) is 42.5 Å². The van der Waals surface area contributed by atoms with Gasteiger partial charge in [0.15, 0.2) is 0 Å². The van der Waals surface area contributed by atoms with Crippen molar-refractivity contribution in [2.75, 3.05) is 5.73 Å². The van der Waals surface area contributed by atoms with Gasteiger partial charge in [0.2, 0.25) is 11.9 Å². The molecule has 0 radical (unpaired) electrons. The molecule has 0 aliphatic carbocycles. The minimum absolute atomic E-state index is 0.142. The van der Waals surface area contributed by atoms with Gasteiger partial charge in [-0.25, -0.2) is 9.97 Å². The third-order valence-corrected chi connectivity index (χ3v) is 4.77. The van der Waals surface area contributed by atoms with Gasteiger partial charge in [0.25, 0.3) is 0 Å². The van der Waals surface area contributed by atoms with Crippen LogP contribution in [0.4, 0.5) is 5.95 Å². The number of rotatable bonds is 4. The van der Waals surface area contributed by atoms with Crippen molar-refractivity contribution in [3.8, 4) is 33.8 Å². The maximum Gasteiger partial charge on any atom is 0.249 e. The highest BCUT2D eigenvalue weighted by Gasteiger charge is 2.23. The Kier molecular flexibility index (Phi) is 4.55. The molecule has 1 amide bonds. The number of H-pyrrole nitrogens is 1. The van der Waals surface area contributed by atoms with E-state index in [-0.39, 0.29) is 5.95 Å². The van der Waals surface area contributed by atoms with Gasteiger partial charge in [-0.05, 0) is 23.3 Å². The topological polar surface area (TPSA) is 111 Å². The Labute approximate surface area is 166 Å². The van der Waals surface area contributed by atoms with Crippen molar-refractivity contribution in [3.63, 3.8) is 0 Å². The number of nitrogens with two attached hydrogens (primary N) is 2. The zero-order valence-electron chi connectivity index (χ0n) is 14.7. The molecule has 4 aromatic rings. The zero-order chi connectivity index (χ0) is 19.7. The number of halogens is 1. The number of hydrogen-bond donors (Lipinski definition) is 3. The van der Waals surface area contributed by atoms with Crippen LogP contribution in [0.25, 0.3) is 33.8 Å². The summed E-state index contributed by atoms with van der Waals surface area (Å²) in [5, 5.41) is 0.422. The maximum absolute atomic E-state index is 12.0. The molecule has 0 spiro atoms. The predicted octanol–water partition coefficient (Wildman–Crippen LogP) is 4.14. The van der Waals surface area contributed by atoms with Gasteiger partial charge in [0, 0.05) is 17.3 Å². The molecule has 0 bridgehead atoms. The first-order valence-corrected chi connectivity index (χ1v) is 8.89. The predicted molar refractivity (Wildman–Crippen MR) is 111 cm³/mol. The number of nitrogens with one attached hydrogen (secondary N) is 1. The van der Waals surface area contributed by atoms with Crippen LogP contribution in [0.15, 0.2) is 66.9 Å². The van der Waals surface area contributed by atoms with Crippen molar-refractivity contribution >= 4 is 23.5 Å². The fraction of sp³-hybridized carbons (Fsp3) is 0. The average molecular weight is 390 g/mol. The summed E-state index contributed by atoms with van der Waals surface area (Å²) < 4.78 is 0. The number of nitrogen functional groups attached to an aromatic ring is 1. The van der Waals surface area contributed by atoms with Crippen LogP contribution in [0, 0.1) is 0 Å². The standard InChI is InChI=1S/C21H16ClN5O/c22-17-16(13-8-4-5-9-14(13)20(23)28)18(12-6-2-1-3-7-12)27-19(17)15-10-11-25-21(24)26-15/h1-11,27H,(H2,23,28)(H2,24,25,26). The van der Waals surface area contributed by atoms with Crippen molar-refractivity contribution in [1.82, 2.24) is 15.0 Å². The third kappa shape index (κ3) is 3.10. The average Bonchev–Trinajstić information content (AvgIpc) is 3.05. The number of aromatic nitrogens is 3. The highest BCUT2D eigenvalue weighted by atomic mass is 35.5. The molecule has 5 N–H and O–H groups in total. The molecule has 6 nitrogen and oxygen atoms in total. The van der Waals surface area contributed by atoms with E-state index in [1.54, 1.807) is 24.4 Å². The molecule has 4 rings (SSSR count). The van der Waals surface area contributed by atoms with E-state index in [0.717, 1.165) is 11.3 Å². The van der Waals surface area contributed by atoms with Gasteiger partial charge in [-0.3, -0.25) is 4.79 Å². The molecule has 2 aromatic carbocycles. The van der Waals surface area contributed by atoms with E-state index in [0.29, 0.717) is 33.1 Å². The molecule has 2 heterocycles. The zero-order valence-corrected chi connectivity index (χ0v) is 15.4. The number of carbonyl (C=O) groups excluding carboxylic acids is 1. The van der Waals surface area contributed by atoms with E-state index in [1.165, 1.54) is 0 Å². The second kappa shape index (κ2) is 7.17. The number of anilines is 1. The molecule has 0 atom stereocenters. The molecular weight excluding hydrogens is 374 g/mol. The van der Waals surface area contributed by atoms with Gasteiger partial charge in [-0.2, -0.15) is 0 Å². The Hall–Kier alpha value is -3.64. The minimum atomic E-state index is -0.528. The number of aromatic amines is 1. The summed E-state index contributed by atoms with van der Waals surface area (Å²) in [6, 6.07) is 18.5. The first-order valence-electron chi connectivity index (χ1n) is 8.51. The minimum Gasteiger partial charge on any atom is -0.368 e. The Morgan fingerprint density at radius 3 is 2.39 bits per heavy atom. The van der Waals surface area contributed by atoms with E-state index >= 15 is 0 Å². The lowest BCUT2D eigenvalue weighted by Gasteiger charge is -2.09. The summed E-state index contributed by atoms with van der Waals surface area (Å²) >= 11 is 6.79. The fourth-order valence-corrected chi connectivity index (χ4v) is 3.50. The van der Waals surface area contributed by atoms with Gasteiger partial charge in [0.05, 0.1) is 22.1 Å². The summed E-state index contributed by atoms with van der Waals surface area (Å²) in [7, 11) is 0. The molecule has 0 fully saturated rings. The van der Waals surface area contributed by atoms with E-state index < -0.39 is 5.91 Å². The fourth-order valence-electron chi connectivity index (χ4n) is 3.16. The molecule has 28 heavy (non-hydrogen) atoms. The third-order valence-electron chi connectivity index (χ3n) is 4.39. The number of nitrogens with zero attached hydrogens (tertiary/aromatic N) is 2. The second-order valence-electron chi connectivity index (χ2n) is 6.14. The van der Waals surface area contributed by atoms with Crippen molar-refractivity contribution in [1.29, 1.82) is 0 Å². The lowest BCUT2D eigenvalue weighted by atomic mass is 9.96. The molecule has 0 saturated carbocycles. The highest BCUT2D eigenvalue weighted by molar-refractivity contribution is 6.37. The number of primary amides is 1. The van der Waals surface area contributed by atoms with E-state index in [2.05, 4.69) is 15.0 Å². The lowest BCUT2D eigenvalue weighted by molar-refractivity contribution is 0.100. The van der Waals surface area contributed by atoms with Crippen LogP contribution in [0.1, 0.15) is 10.4 Å². The second-order valence-corrected chi connectivity index (χ2v) is 6.52. The highest BCUT2D eigenvalue weighted by Crippen LogP contribution is 2.44. The van der Waals surface area contributed by atoms with Crippen molar-refractivity contribution in [3.05, 3.63) is 77.4 Å². The molecule has 138 valence electrons. The summed E-state index contributed by atoms with van der Waals surface area (Å²) in [4.78, 5) is 23.5. The number of benzene rings is 2. The van der Waals surface area contributed by atoms with Crippen LogP contribution < -0.4 is 11.5 Å². The quantitative estimate of drug-likeness (QED) is 0.487. The van der Waals surface area contributed by atoms with Gasteiger partial charge in [-0.15, -0.1) is 0 Å². The van der Waals surface area contributed by atoms with Gasteiger partial charge < -0.3 is 16.5 Å². The first kappa shape index (κ1) is 17.8. The van der Waals surface area contributed by atoms with Crippen LogP contribution in [0.3, 0.4) is 0 Å². The molecule has 0 unspecified atom stereocenters. The maximum atomic E-state index is 12.0. The van der Waals surface area contributed by atoms with Gasteiger partial charge in [0.1, 0.15) is 0 Å².